The Morgan fingerprint density at radius 3 is 2.48 bits per heavy atom. The Hall–Kier alpha value is -1.97. The van der Waals surface area contributed by atoms with E-state index >= 15 is 0 Å². The van der Waals surface area contributed by atoms with Gasteiger partial charge >= 0.3 is 5.63 Å². The molecule has 0 unspecified atom stereocenters. The number of hydrogen-bond acceptors (Lipinski definition) is 8. The van der Waals surface area contributed by atoms with Crippen molar-refractivity contribution >= 4 is 11.0 Å². The smallest absolute Gasteiger partial charge is 0.339 e. The van der Waals surface area contributed by atoms with Gasteiger partial charge in [-0.15, -0.1) is 0 Å². The third kappa shape index (κ3) is 3.14. The lowest BCUT2D eigenvalue weighted by Gasteiger charge is -2.39. The molecule has 2 aromatic rings. The number of aryl methyl sites for hydroxylation is 1. The summed E-state index contributed by atoms with van der Waals surface area (Å²) >= 11 is 0. The van der Waals surface area contributed by atoms with Crippen LogP contribution < -0.4 is 10.4 Å². The highest BCUT2D eigenvalue weighted by Gasteiger charge is 2.44. The van der Waals surface area contributed by atoms with Gasteiger partial charge in [-0.1, -0.05) is 0 Å². The summed E-state index contributed by atoms with van der Waals surface area (Å²) in [5, 5.41) is 39.5. The van der Waals surface area contributed by atoms with Crippen LogP contribution in [0.3, 0.4) is 0 Å². The van der Waals surface area contributed by atoms with Gasteiger partial charge in [0.2, 0.25) is 6.29 Å². The van der Waals surface area contributed by atoms with Gasteiger partial charge in [0.25, 0.3) is 0 Å². The lowest BCUT2D eigenvalue weighted by molar-refractivity contribution is -0.277. The van der Waals surface area contributed by atoms with Gasteiger partial charge in [-0.25, -0.2) is 4.79 Å². The predicted molar refractivity (Wildman–Crippen MR) is 86.4 cm³/mol. The van der Waals surface area contributed by atoms with Gasteiger partial charge in [0, 0.05) is 17.0 Å². The SMILES string of the molecule is Cc1c(C)c2ccc(O[C@H]3O[C@H](CO)[C@H](O)[C@H](O)[C@H]3O)cc2oc1=O. The van der Waals surface area contributed by atoms with Crippen molar-refractivity contribution in [2.24, 2.45) is 0 Å². The number of rotatable bonds is 3. The third-order valence-electron chi connectivity index (χ3n) is 4.53. The van der Waals surface area contributed by atoms with Gasteiger partial charge in [-0.2, -0.15) is 0 Å². The molecule has 3 rings (SSSR count). The number of benzene rings is 1. The molecule has 0 spiro atoms. The zero-order chi connectivity index (χ0) is 18.3. The number of aliphatic hydroxyl groups is 4. The topological polar surface area (TPSA) is 130 Å². The predicted octanol–water partition coefficient (Wildman–Crippen LogP) is -0.411. The van der Waals surface area contributed by atoms with Crippen molar-refractivity contribution in [1.29, 1.82) is 0 Å². The van der Waals surface area contributed by atoms with E-state index in [0.717, 1.165) is 10.9 Å². The summed E-state index contributed by atoms with van der Waals surface area (Å²) < 4.78 is 16.1. The van der Waals surface area contributed by atoms with E-state index in [2.05, 4.69) is 0 Å². The van der Waals surface area contributed by atoms with E-state index in [1.807, 2.05) is 6.92 Å². The van der Waals surface area contributed by atoms with Crippen molar-refractivity contribution in [3.8, 4) is 5.75 Å². The summed E-state index contributed by atoms with van der Waals surface area (Å²) in [7, 11) is 0. The second-order valence-corrected chi connectivity index (χ2v) is 6.11. The Bertz CT molecular complexity index is 827. The van der Waals surface area contributed by atoms with Gasteiger partial charge in [0.15, 0.2) is 0 Å². The summed E-state index contributed by atoms with van der Waals surface area (Å²) in [6.07, 6.45) is -6.86. The van der Waals surface area contributed by atoms with Crippen LogP contribution >= 0.6 is 0 Å². The van der Waals surface area contributed by atoms with Crippen LogP contribution in [0.1, 0.15) is 11.1 Å². The minimum Gasteiger partial charge on any atom is -0.462 e. The van der Waals surface area contributed by atoms with Crippen LogP contribution in [0, 0.1) is 13.8 Å². The molecule has 0 radical (unpaired) electrons. The Morgan fingerprint density at radius 1 is 1.08 bits per heavy atom. The number of hydrogen-bond donors (Lipinski definition) is 4. The highest BCUT2D eigenvalue weighted by molar-refractivity contribution is 5.82. The van der Waals surface area contributed by atoms with E-state index in [-0.39, 0.29) is 5.75 Å². The van der Waals surface area contributed by atoms with Crippen molar-refractivity contribution < 1.29 is 34.3 Å². The molecule has 5 atom stereocenters. The van der Waals surface area contributed by atoms with Gasteiger partial charge in [-0.3, -0.25) is 0 Å². The summed E-state index contributed by atoms with van der Waals surface area (Å²) in [6, 6.07) is 4.79. The Labute approximate surface area is 142 Å². The minimum atomic E-state index is -1.53. The Kier molecular flexibility index (Phi) is 4.81. The van der Waals surface area contributed by atoms with Gasteiger partial charge in [-0.05, 0) is 31.5 Å². The lowest BCUT2D eigenvalue weighted by atomic mass is 9.99. The fourth-order valence-electron chi connectivity index (χ4n) is 2.80. The van der Waals surface area contributed by atoms with E-state index in [0.29, 0.717) is 11.1 Å². The van der Waals surface area contributed by atoms with Crippen molar-refractivity contribution in [3.05, 3.63) is 39.7 Å². The van der Waals surface area contributed by atoms with Crippen molar-refractivity contribution in [2.45, 2.75) is 44.6 Å². The van der Waals surface area contributed by atoms with E-state index < -0.39 is 42.9 Å². The van der Waals surface area contributed by atoms with Crippen LogP contribution in [0.25, 0.3) is 11.0 Å². The third-order valence-corrected chi connectivity index (χ3v) is 4.53. The van der Waals surface area contributed by atoms with Gasteiger partial charge in [0.05, 0.1) is 6.61 Å². The summed E-state index contributed by atoms with van der Waals surface area (Å²) in [5.74, 6) is 0.239. The molecule has 1 aliphatic rings. The molecule has 1 aliphatic heterocycles. The molecule has 0 bridgehead atoms. The quantitative estimate of drug-likeness (QED) is 0.549. The van der Waals surface area contributed by atoms with Crippen molar-refractivity contribution in [3.63, 3.8) is 0 Å². The zero-order valence-electron chi connectivity index (χ0n) is 13.7. The average Bonchev–Trinajstić information content (AvgIpc) is 2.60. The Morgan fingerprint density at radius 2 is 1.80 bits per heavy atom. The van der Waals surface area contributed by atoms with Crippen molar-refractivity contribution in [2.75, 3.05) is 6.61 Å². The first-order valence-corrected chi connectivity index (χ1v) is 7.84. The first kappa shape index (κ1) is 17.8. The summed E-state index contributed by atoms with van der Waals surface area (Å²) in [6.45, 7) is 2.95. The second-order valence-electron chi connectivity index (χ2n) is 6.11. The van der Waals surface area contributed by atoms with Crippen molar-refractivity contribution in [1.82, 2.24) is 0 Å². The molecule has 2 heterocycles. The highest BCUT2D eigenvalue weighted by Crippen LogP contribution is 2.28. The molecule has 8 heteroatoms. The fraction of sp³-hybridized carbons (Fsp3) is 0.471. The maximum atomic E-state index is 11.8. The first-order chi connectivity index (χ1) is 11.8. The van der Waals surface area contributed by atoms with Crippen LogP contribution in [0.15, 0.2) is 27.4 Å². The lowest BCUT2D eigenvalue weighted by Crippen LogP contribution is -2.60. The number of aliphatic hydroxyl groups excluding tert-OH is 4. The highest BCUT2D eigenvalue weighted by atomic mass is 16.7. The number of fused-ring (bicyclic) bond motifs is 1. The maximum absolute atomic E-state index is 11.8. The molecule has 25 heavy (non-hydrogen) atoms. The molecular formula is C17H20O8. The molecular weight excluding hydrogens is 332 g/mol. The first-order valence-electron chi connectivity index (χ1n) is 7.84. The molecule has 136 valence electrons. The molecule has 1 fully saturated rings. The number of ether oxygens (including phenoxy) is 2. The molecule has 0 aliphatic carbocycles. The molecule has 1 aromatic heterocycles. The molecule has 4 N–H and O–H groups in total. The van der Waals surface area contributed by atoms with Crippen LogP contribution in [-0.4, -0.2) is 57.7 Å². The maximum Gasteiger partial charge on any atom is 0.339 e. The summed E-state index contributed by atoms with van der Waals surface area (Å²) in [4.78, 5) is 11.8. The van der Waals surface area contributed by atoms with E-state index in [4.69, 9.17) is 13.9 Å². The van der Waals surface area contributed by atoms with E-state index in [1.165, 1.54) is 6.07 Å². The summed E-state index contributed by atoms with van der Waals surface area (Å²) in [5.41, 5.74) is 1.19. The van der Waals surface area contributed by atoms with Crippen LogP contribution in [-0.2, 0) is 4.74 Å². The molecule has 1 aromatic carbocycles. The van der Waals surface area contributed by atoms with E-state index in [1.54, 1.807) is 19.1 Å². The monoisotopic (exact) mass is 352 g/mol. The molecule has 0 amide bonds. The van der Waals surface area contributed by atoms with Crippen LogP contribution in [0.5, 0.6) is 5.75 Å². The van der Waals surface area contributed by atoms with E-state index in [9.17, 15) is 25.2 Å². The van der Waals surface area contributed by atoms with Gasteiger partial charge < -0.3 is 34.3 Å². The molecule has 8 nitrogen and oxygen atoms in total. The second kappa shape index (κ2) is 6.74. The average molecular weight is 352 g/mol. The normalized spacial score (nSPS) is 29.8. The molecule has 0 saturated carbocycles. The van der Waals surface area contributed by atoms with Crippen LogP contribution in [0.4, 0.5) is 0 Å². The van der Waals surface area contributed by atoms with Crippen LogP contribution in [0.2, 0.25) is 0 Å². The minimum absolute atomic E-state index is 0.239. The molecule has 1 saturated heterocycles. The standard InChI is InChI=1S/C17H20O8/c1-7-8(2)16(22)24-11-5-9(3-4-10(7)11)23-17-15(21)14(20)13(19)12(6-18)25-17/h3-5,12-15,17-21H,6H2,1-2H3/t12-,13+,14+,15-,17+/m1/s1. The van der Waals surface area contributed by atoms with Gasteiger partial charge in [0.1, 0.15) is 35.7 Å². The zero-order valence-corrected chi connectivity index (χ0v) is 13.7. The Balaban J connectivity index is 1.90. The fourth-order valence-corrected chi connectivity index (χ4v) is 2.80. The largest absolute Gasteiger partial charge is 0.462 e.